The molecule has 146 valence electrons. The van der Waals surface area contributed by atoms with Gasteiger partial charge in [0.05, 0.1) is 15.6 Å². The van der Waals surface area contributed by atoms with Gasteiger partial charge in [-0.25, -0.2) is 0 Å². The number of halogens is 1. The highest BCUT2D eigenvalue weighted by atomic mass is 35.5. The fourth-order valence-electron chi connectivity index (χ4n) is 2.30. The highest BCUT2D eigenvalue weighted by Crippen LogP contribution is 2.26. The molecule has 0 unspecified atom stereocenters. The van der Waals surface area contributed by atoms with E-state index < -0.39 is 10.8 Å². The summed E-state index contributed by atoms with van der Waals surface area (Å²) in [5.74, 6) is -0.864. The predicted molar refractivity (Wildman–Crippen MR) is 112 cm³/mol. The van der Waals surface area contributed by atoms with Crippen LogP contribution in [-0.2, 0) is 4.79 Å². The number of nitrogens with zero attached hydrogens (tertiary/aromatic N) is 1. The first-order valence-corrected chi connectivity index (χ1v) is 9.05. The first-order valence-electron chi connectivity index (χ1n) is 8.27. The molecule has 0 aromatic heterocycles. The molecule has 28 heavy (non-hydrogen) atoms. The number of nitrogens with one attached hydrogen (secondary N) is 3. The lowest BCUT2D eigenvalue weighted by Gasteiger charge is -2.13. The van der Waals surface area contributed by atoms with Gasteiger partial charge in [-0.1, -0.05) is 30.7 Å². The van der Waals surface area contributed by atoms with Crippen LogP contribution >= 0.6 is 23.8 Å². The highest BCUT2D eigenvalue weighted by Gasteiger charge is 2.20. The predicted octanol–water partition coefficient (Wildman–Crippen LogP) is 4.11. The molecule has 2 rings (SSSR count). The minimum Gasteiger partial charge on any atom is -0.331 e. The molecule has 0 radical (unpaired) electrons. The van der Waals surface area contributed by atoms with E-state index in [4.69, 9.17) is 23.8 Å². The monoisotopic (exact) mass is 420 g/mol. The Balaban J connectivity index is 2.10. The second-order valence-corrected chi connectivity index (χ2v) is 6.49. The Morgan fingerprint density at radius 2 is 1.89 bits per heavy atom. The van der Waals surface area contributed by atoms with Gasteiger partial charge in [0.25, 0.3) is 11.6 Å². The van der Waals surface area contributed by atoms with Gasteiger partial charge in [-0.05, 0) is 42.9 Å². The van der Waals surface area contributed by atoms with Gasteiger partial charge in [0, 0.05) is 18.2 Å². The second kappa shape index (κ2) is 9.77. The number of anilines is 2. The topological polar surface area (TPSA) is 113 Å². The summed E-state index contributed by atoms with van der Waals surface area (Å²) in [7, 11) is 0. The molecule has 2 aromatic carbocycles. The van der Waals surface area contributed by atoms with Crippen LogP contribution in [0.5, 0.6) is 0 Å². The quantitative estimate of drug-likeness (QED) is 0.368. The first kappa shape index (κ1) is 21.3. The van der Waals surface area contributed by atoms with E-state index in [9.17, 15) is 19.7 Å². The molecule has 0 aliphatic heterocycles. The SMILES string of the molecule is CCCC(=O)Nc1ccc(Cl)c(NC(=S)NC(=O)c2ccccc2[N+](=O)[O-])c1. The van der Waals surface area contributed by atoms with Crippen LogP contribution in [-0.4, -0.2) is 21.9 Å². The minimum absolute atomic E-state index is 0.0953. The van der Waals surface area contributed by atoms with Crippen LogP contribution in [0.3, 0.4) is 0 Å². The number of thiocarbonyl (C=S) groups is 1. The second-order valence-electron chi connectivity index (χ2n) is 5.68. The Labute approximate surface area is 171 Å². The zero-order valence-electron chi connectivity index (χ0n) is 14.8. The number of rotatable bonds is 6. The van der Waals surface area contributed by atoms with Crippen LogP contribution in [0.2, 0.25) is 5.02 Å². The van der Waals surface area contributed by atoms with Crippen molar-refractivity contribution in [1.82, 2.24) is 5.32 Å². The van der Waals surface area contributed by atoms with Gasteiger partial charge in [0.2, 0.25) is 5.91 Å². The van der Waals surface area contributed by atoms with Crippen LogP contribution in [0.15, 0.2) is 42.5 Å². The number of nitro groups is 1. The van der Waals surface area contributed by atoms with Crippen molar-refractivity contribution >= 4 is 57.8 Å². The lowest BCUT2D eigenvalue weighted by atomic mass is 10.1. The van der Waals surface area contributed by atoms with E-state index in [-0.39, 0.29) is 22.3 Å². The molecule has 0 heterocycles. The number of hydrogen-bond acceptors (Lipinski definition) is 5. The molecular formula is C18H17ClN4O4S. The van der Waals surface area contributed by atoms with Gasteiger partial charge >= 0.3 is 0 Å². The zero-order valence-corrected chi connectivity index (χ0v) is 16.4. The van der Waals surface area contributed by atoms with Gasteiger partial charge in [-0.3, -0.25) is 25.0 Å². The van der Waals surface area contributed by atoms with Crippen LogP contribution in [0.1, 0.15) is 30.1 Å². The third-order valence-corrected chi connectivity index (χ3v) is 4.08. The van der Waals surface area contributed by atoms with Crippen LogP contribution < -0.4 is 16.0 Å². The molecule has 8 nitrogen and oxygen atoms in total. The normalized spacial score (nSPS) is 10.1. The zero-order chi connectivity index (χ0) is 20.7. The molecule has 2 amide bonds. The van der Waals surface area contributed by atoms with Gasteiger partial charge in [-0.2, -0.15) is 0 Å². The summed E-state index contributed by atoms with van der Waals surface area (Å²) in [6.07, 6.45) is 1.10. The van der Waals surface area contributed by atoms with E-state index in [1.165, 1.54) is 24.3 Å². The van der Waals surface area contributed by atoms with Crippen molar-refractivity contribution in [1.29, 1.82) is 0 Å². The van der Waals surface area contributed by atoms with E-state index in [1.807, 2.05) is 6.92 Å². The number of benzene rings is 2. The van der Waals surface area contributed by atoms with Crippen LogP contribution in [0.25, 0.3) is 0 Å². The van der Waals surface area contributed by atoms with Crippen LogP contribution in [0.4, 0.5) is 17.1 Å². The Hall–Kier alpha value is -3.04. The standard InChI is InChI=1S/C18H17ClN4O4S/c1-2-5-16(24)20-11-8-9-13(19)14(10-11)21-18(28)22-17(25)12-6-3-4-7-15(12)23(26)27/h3-4,6-10H,2,5H2,1H3,(H,20,24)(H2,21,22,25,28). The fraction of sp³-hybridized carbons (Fsp3) is 0.167. The van der Waals surface area contributed by atoms with E-state index in [2.05, 4.69) is 16.0 Å². The molecule has 0 saturated heterocycles. The summed E-state index contributed by atoms with van der Waals surface area (Å²) >= 11 is 11.2. The average molecular weight is 421 g/mol. The Morgan fingerprint density at radius 3 is 2.57 bits per heavy atom. The van der Waals surface area contributed by atoms with Crippen molar-refractivity contribution in [3.63, 3.8) is 0 Å². The number of nitro benzene ring substituents is 1. The van der Waals surface area contributed by atoms with Crippen molar-refractivity contribution in [3.05, 3.63) is 63.2 Å². The maximum Gasteiger partial charge on any atom is 0.282 e. The minimum atomic E-state index is -0.728. The summed E-state index contributed by atoms with van der Waals surface area (Å²) < 4.78 is 0. The molecule has 0 aliphatic rings. The summed E-state index contributed by atoms with van der Waals surface area (Å²) in [5, 5.41) is 19.1. The van der Waals surface area contributed by atoms with E-state index in [0.29, 0.717) is 29.2 Å². The van der Waals surface area contributed by atoms with Crippen LogP contribution in [0, 0.1) is 10.1 Å². The highest BCUT2D eigenvalue weighted by molar-refractivity contribution is 7.80. The molecule has 2 aromatic rings. The first-order chi connectivity index (χ1) is 13.3. The lowest BCUT2D eigenvalue weighted by Crippen LogP contribution is -2.34. The average Bonchev–Trinajstić information content (AvgIpc) is 2.64. The van der Waals surface area contributed by atoms with E-state index >= 15 is 0 Å². The number of hydrogen-bond donors (Lipinski definition) is 3. The van der Waals surface area contributed by atoms with Crippen molar-refractivity contribution in [3.8, 4) is 0 Å². The Bertz CT molecular complexity index is 936. The summed E-state index contributed by atoms with van der Waals surface area (Å²) in [6.45, 7) is 1.90. The fourth-order valence-corrected chi connectivity index (χ4v) is 2.67. The molecular weight excluding hydrogens is 404 g/mol. The third kappa shape index (κ3) is 5.73. The summed E-state index contributed by atoms with van der Waals surface area (Å²) in [5.41, 5.74) is 0.423. The number of carbonyl (C=O) groups excluding carboxylic acids is 2. The molecule has 0 bridgehead atoms. The van der Waals surface area contributed by atoms with Crippen molar-refractivity contribution in [2.24, 2.45) is 0 Å². The molecule has 0 aliphatic carbocycles. The molecule has 10 heteroatoms. The Morgan fingerprint density at radius 1 is 1.18 bits per heavy atom. The number of carbonyl (C=O) groups is 2. The molecule has 3 N–H and O–H groups in total. The largest absolute Gasteiger partial charge is 0.331 e. The third-order valence-electron chi connectivity index (χ3n) is 3.55. The molecule has 0 fully saturated rings. The van der Waals surface area contributed by atoms with Gasteiger partial charge in [0.1, 0.15) is 5.56 Å². The summed E-state index contributed by atoms with van der Waals surface area (Å²) in [6, 6.07) is 10.3. The lowest BCUT2D eigenvalue weighted by molar-refractivity contribution is -0.385. The van der Waals surface area contributed by atoms with Crippen molar-refractivity contribution in [2.75, 3.05) is 10.6 Å². The van der Waals surface area contributed by atoms with E-state index in [1.54, 1.807) is 18.2 Å². The van der Waals surface area contributed by atoms with Gasteiger partial charge in [0.15, 0.2) is 5.11 Å². The smallest absolute Gasteiger partial charge is 0.282 e. The van der Waals surface area contributed by atoms with E-state index in [0.717, 1.165) is 0 Å². The molecule has 0 saturated carbocycles. The number of amides is 2. The van der Waals surface area contributed by atoms with Crippen molar-refractivity contribution < 1.29 is 14.5 Å². The maximum atomic E-state index is 12.3. The Kier molecular flexibility index (Phi) is 7.42. The van der Waals surface area contributed by atoms with Crippen molar-refractivity contribution in [2.45, 2.75) is 19.8 Å². The number of para-hydroxylation sites is 1. The van der Waals surface area contributed by atoms with Gasteiger partial charge in [-0.15, -0.1) is 0 Å². The van der Waals surface area contributed by atoms with Gasteiger partial charge < -0.3 is 10.6 Å². The molecule has 0 atom stereocenters. The maximum absolute atomic E-state index is 12.3. The summed E-state index contributed by atoms with van der Waals surface area (Å²) in [4.78, 5) is 34.4. The molecule has 0 spiro atoms.